The van der Waals surface area contributed by atoms with Crippen LogP contribution in [0.15, 0.2) is 29.2 Å². The first-order valence-corrected chi connectivity index (χ1v) is 7.93. The Balaban J connectivity index is 1.95. The van der Waals surface area contributed by atoms with Crippen molar-refractivity contribution in [2.45, 2.75) is 17.7 Å². The summed E-state index contributed by atoms with van der Waals surface area (Å²) in [4.78, 5) is 2.36. The summed E-state index contributed by atoms with van der Waals surface area (Å²) < 4.78 is 26.7. The molecule has 0 radical (unpaired) electrons. The lowest BCUT2D eigenvalue weighted by Crippen LogP contribution is -2.36. The summed E-state index contributed by atoms with van der Waals surface area (Å²) >= 11 is 0. The molecule has 106 valence electrons. The van der Waals surface area contributed by atoms with Crippen molar-refractivity contribution in [1.82, 2.24) is 9.62 Å². The monoisotopic (exact) mass is 284 g/mol. The third-order valence-electron chi connectivity index (χ3n) is 3.53. The normalized spacial score (nSPS) is 18.6. The van der Waals surface area contributed by atoms with Gasteiger partial charge < -0.3 is 10.0 Å². The second-order valence-corrected chi connectivity index (χ2v) is 6.86. The van der Waals surface area contributed by atoms with Crippen LogP contribution in [0.25, 0.3) is 0 Å². The predicted molar refractivity (Wildman–Crippen MR) is 73.5 cm³/mol. The Bertz CT molecular complexity index is 522. The Kier molecular flexibility index (Phi) is 4.44. The van der Waals surface area contributed by atoms with Gasteiger partial charge in [0.25, 0.3) is 0 Å². The Morgan fingerprint density at radius 2 is 2.05 bits per heavy atom. The van der Waals surface area contributed by atoms with Crippen LogP contribution >= 0.6 is 0 Å². The molecule has 1 heterocycles. The number of nitrogens with zero attached hydrogens (tertiary/aromatic N) is 1. The van der Waals surface area contributed by atoms with Crippen LogP contribution in [0.4, 0.5) is 0 Å². The summed E-state index contributed by atoms with van der Waals surface area (Å²) in [6, 6.07) is 5.73. The first-order chi connectivity index (χ1) is 8.97. The van der Waals surface area contributed by atoms with Gasteiger partial charge >= 0.3 is 0 Å². The number of aromatic hydroxyl groups is 1. The molecule has 1 fully saturated rings. The van der Waals surface area contributed by atoms with Crippen molar-refractivity contribution in [3.8, 4) is 5.75 Å². The van der Waals surface area contributed by atoms with Gasteiger partial charge in [-0.15, -0.1) is 0 Å². The van der Waals surface area contributed by atoms with E-state index < -0.39 is 10.0 Å². The zero-order chi connectivity index (χ0) is 13.9. The maximum absolute atomic E-state index is 12.1. The molecule has 1 aromatic carbocycles. The average molecular weight is 284 g/mol. The Morgan fingerprint density at radius 3 is 2.68 bits per heavy atom. The molecule has 1 aliphatic heterocycles. The number of piperidine rings is 1. The minimum Gasteiger partial charge on any atom is -0.508 e. The van der Waals surface area contributed by atoms with E-state index in [0.29, 0.717) is 12.5 Å². The molecule has 0 spiro atoms. The molecule has 2 N–H and O–H groups in total. The van der Waals surface area contributed by atoms with Crippen LogP contribution in [-0.4, -0.2) is 45.1 Å². The van der Waals surface area contributed by atoms with Gasteiger partial charge in [0.2, 0.25) is 10.0 Å². The molecule has 2 rings (SSSR count). The van der Waals surface area contributed by atoms with E-state index >= 15 is 0 Å². The van der Waals surface area contributed by atoms with Gasteiger partial charge in [-0.2, -0.15) is 0 Å². The summed E-state index contributed by atoms with van der Waals surface area (Å²) in [6.45, 7) is 2.49. The van der Waals surface area contributed by atoms with E-state index in [9.17, 15) is 13.5 Å². The van der Waals surface area contributed by atoms with Crippen LogP contribution in [0, 0.1) is 5.92 Å². The topological polar surface area (TPSA) is 69.6 Å². The van der Waals surface area contributed by atoms with Crippen LogP contribution in [0.2, 0.25) is 0 Å². The number of nitrogens with one attached hydrogen (secondary N) is 1. The quantitative estimate of drug-likeness (QED) is 0.866. The predicted octanol–water partition coefficient (Wildman–Crippen LogP) is 1.01. The molecule has 19 heavy (non-hydrogen) atoms. The zero-order valence-corrected chi connectivity index (χ0v) is 11.9. The van der Waals surface area contributed by atoms with E-state index in [2.05, 4.69) is 16.7 Å². The fourth-order valence-electron chi connectivity index (χ4n) is 2.23. The van der Waals surface area contributed by atoms with E-state index in [0.717, 1.165) is 25.9 Å². The molecule has 0 unspecified atom stereocenters. The Labute approximate surface area is 114 Å². The van der Waals surface area contributed by atoms with Gasteiger partial charge in [-0.25, -0.2) is 13.1 Å². The molecule has 0 amide bonds. The molecule has 0 atom stereocenters. The summed E-state index contributed by atoms with van der Waals surface area (Å²) in [5.41, 5.74) is 0. The van der Waals surface area contributed by atoms with Crippen molar-refractivity contribution in [1.29, 1.82) is 0 Å². The number of likely N-dealkylation sites (tertiary alicyclic amines) is 1. The molecule has 0 bridgehead atoms. The Morgan fingerprint density at radius 1 is 1.37 bits per heavy atom. The lowest BCUT2D eigenvalue weighted by Gasteiger charge is -2.28. The lowest BCUT2D eigenvalue weighted by molar-refractivity contribution is 0.220. The highest BCUT2D eigenvalue weighted by Crippen LogP contribution is 2.18. The van der Waals surface area contributed by atoms with Crippen molar-refractivity contribution in [3.05, 3.63) is 24.3 Å². The van der Waals surface area contributed by atoms with E-state index in [1.165, 1.54) is 24.3 Å². The maximum atomic E-state index is 12.1. The third-order valence-corrected chi connectivity index (χ3v) is 4.95. The molecule has 0 aromatic heterocycles. The summed E-state index contributed by atoms with van der Waals surface area (Å²) in [6.07, 6.45) is 2.03. The second-order valence-electron chi connectivity index (χ2n) is 5.10. The number of hydrogen-bond donors (Lipinski definition) is 2. The molecule has 6 heteroatoms. The SMILES string of the molecule is CN1CCC(CNS(=O)(=O)c2cccc(O)c2)CC1. The van der Waals surface area contributed by atoms with E-state index in [-0.39, 0.29) is 10.6 Å². The number of phenolic OH excluding ortho intramolecular Hbond substituents is 1. The first-order valence-electron chi connectivity index (χ1n) is 6.44. The fourth-order valence-corrected chi connectivity index (χ4v) is 3.38. The summed E-state index contributed by atoms with van der Waals surface area (Å²) in [7, 11) is -1.44. The number of rotatable bonds is 4. The summed E-state index contributed by atoms with van der Waals surface area (Å²) in [5, 5.41) is 9.32. The molecule has 0 aliphatic carbocycles. The number of sulfonamides is 1. The average Bonchev–Trinajstić information content (AvgIpc) is 2.38. The molecule has 1 saturated heterocycles. The van der Waals surface area contributed by atoms with E-state index in [4.69, 9.17) is 0 Å². The highest BCUT2D eigenvalue weighted by Gasteiger charge is 2.20. The van der Waals surface area contributed by atoms with Crippen LogP contribution in [-0.2, 0) is 10.0 Å². The lowest BCUT2D eigenvalue weighted by atomic mass is 9.98. The van der Waals surface area contributed by atoms with E-state index in [1.807, 2.05) is 0 Å². The van der Waals surface area contributed by atoms with Gasteiger partial charge in [0.05, 0.1) is 4.90 Å². The van der Waals surface area contributed by atoms with Gasteiger partial charge in [0.1, 0.15) is 5.75 Å². The van der Waals surface area contributed by atoms with Crippen molar-refractivity contribution < 1.29 is 13.5 Å². The highest BCUT2D eigenvalue weighted by atomic mass is 32.2. The molecule has 0 saturated carbocycles. The van der Waals surface area contributed by atoms with Gasteiger partial charge in [-0.05, 0) is 57.1 Å². The van der Waals surface area contributed by atoms with E-state index in [1.54, 1.807) is 0 Å². The molecule has 1 aromatic rings. The largest absolute Gasteiger partial charge is 0.508 e. The first kappa shape index (κ1) is 14.3. The number of benzene rings is 1. The summed E-state index contributed by atoms with van der Waals surface area (Å²) in [5.74, 6) is 0.352. The standard InChI is InChI=1S/C13H20N2O3S/c1-15-7-5-11(6-8-15)10-14-19(17,18)13-4-2-3-12(16)9-13/h2-4,9,11,14,16H,5-8,10H2,1H3. The van der Waals surface area contributed by atoms with Crippen LogP contribution < -0.4 is 4.72 Å². The Hall–Kier alpha value is -1.11. The van der Waals surface area contributed by atoms with Crippen molar-refractivity contribution in [2.75, 3.05) is 26.7 Å². The molecule has 5 nitrogen and oxygen atoms in total. The molecular formula is C13H20N2O3S. The molecule has 1 aliphatic rings. The van der Waals surface area contributed by atoms with Crippen LogP contribution in [0.5, 0.6) is 5.75 Å². The zero-order valence-electron chi connectivity index (χ0n) is 11.0. The van der Waals surface area contributed by atoms with Crippen LogP contribution in [0.1, 0.15) is 12.8 Å². The minimum absolute atomic E-state index is 0.0397. The van der Waals surface area contributed by atoms with Gasteiger partial charge in [-0.3, -0.25) is 0 Å². The highest BCUT2D eigenvalue weighted by molar-refractivity contribution is 7.89. The van der Waals surface area contributed by atoms with Gasteiger partial charge in [0, 0.05) is 6.54 Å². The van der Waals surface area contributed by atoms with Gasteiger partial charge in [-0.1, -0.05) is 6.07 Å². The van der Waals surface area contributed by atoms with Crippen LogP contribution in [0.3, 0.4) is 0 Å². The minimum atomic E-state index is -3.52. The van der Waals surface area contributed by atoms with Crippen molar-refractivity contribution in [3.63, 3.8) is 0 Å². The van der Waals surface area contributed by atoms with Crippen molar-refractivity contribution >= 4 is 10.0 Å². The smallest absolute Gasteiger partial charge is 0.240 e. The van der Waals surface area contributed by atoms with Gasteiger partial charge in [0.15, 0.2) is 0 Å². The van der Waals surface area contributed by atoms with Crippen molar-refractivity contribution in [2.24, 2.45) is 5.92 Å². The number of hydrogen-bond acceptors (Lipinski definition) is 4. The number of phenols is 1. The molecular weight excluding hydrogens is 264 g/mol. The third kappa shape index (κ3) is 3.92. The maximum Gasteiger partial charge on any atom is 0.240 e. The fraction of sp³-hybridized carbons (Fsp3) is 0.538. The second kappa shape index (κ2) is 5.90.